The number of carbonyl (C=O) groups is 1. The Hall–Kier alpha value is -3.41. The van der Waals surface area contributed by atoms with Crippen LogP contribution in [0.3, 0.4) is 0 Å². The van der Waals surface area contributed by atoms with Gasteiger partial charge in [-0.05, 0) is 43.7 Å². The molecular formula is C22H24N4O2. The first-order valence-corrected chi connectivity index (χ1v) is 9.19. The van der Waals surface area contributed by atoms with Gasteiger partial charge >= 0.3 is 0 Å². The molecule has 0 fully saturated rings. The number of aromatic nitrogens is 2. The number of rotatable bonds is 7. The molecule has 0 saturated carbocycles. The van der Waals surface area contributed by atoms with Crippen molar-refractivity contribution in [2.24, 2.45) is 0 Å². The number of amides is 1. The van der Waals surface area contributed by atoms with Gasteiger partial charge in [-0.3, -0.25) is 4.79 Å². The summed E-state index contributed by atoms with van der Waals surface area (Å²) in [6, 6.07) is 20.9. The van der Waals surface area contributed by atoms with Gasteiger partial charge in [0.1, 0.15) is 5.75 Å². The molecule has 0 radical (unpaired) electrons. The van der Waals surface area contributed by atoms with Crippen LogP contribution in [0, 0.1) is 0 Å². The lowest BCUT2D eigenvalue weighted by molar-refractivity contribution is 0.102. The molecule has 0 bridgehead atoms. The second-order valence-corrected chi connectivity index (χ2v) is 6.74. The lowest BCUT2D eigenvalue weighted by Gasteiger charge is -2.18. The molecule has 6 nitrogen and oxygen atoms in total. The Morgan fingerprint density at radius 1 is 1.00 bits per heavy atom. The largest absolute Gasteiger partial charge is 0.489 e. The summed E-state index contributed by atoms with van der Waals surface area (Å²) in [5.41, 5.74) is 2.03. The van der Waals surface area contributed by atoms with E-state index in [2.05, 4.69) is 27.6 Å². The van der Waals surface area contributed by atoms with Gasteiger partial charge in [0.05, 0.1) is 11.8 Å². The summed E-state index contributed by atoms with van der Waals surface area (Å²) in [6.07, 6.45) is 0.0114. The summed E-state index contributed by atoms with van der Waals surface area (Å²) in [6.45, 7) is 4.59. The van der Waals surface area contributed by atoms with Crippen LogP contribution in [-0.4, -0.2) is 29.3 Å². The van der Waals surface area contributed by atoms with Crippen molar-refractivity contribution in [2.75, 3.05) is 17.3 Å². The highest BCUT2D eigenvalue weighted by molar-refractivity contribution is 6.03. The highest BCUT2D eigenvalue weighted by Gasteiger charge is 2.13. The van der Waals surface area contributed by atoms with Gasteiger partial charge in [-0.1, -0.05) is 42.5 Å². The van der Waals surface area contributed by atoms with Gasteiger partial charge in [-0.2, -0.15) is 0 Å². The summed E-state index contributed by atoms with van der Waals surface area (Å²) < 4.78 is 5.73. The van der Waals surface area contributed by atoms with E-state index in [0.717, 1.165) is 0 Å². The maximum absolute atomic E-state index is 12.5. The van der Waals surface area contributed by atoms with Crippen LogP contribution >= 0.6 is 0 Å². The van der Waals surface area contributed by atoms with E-state index in [4.69, 9.17) is 4.74 Å². The third-order valence-electron chi connectivity index (χ3n) is 4.03. The molecule has 3 aromatic rings. The van der Waals surface area contributed by atoms with Crippen molar-refractivity contribution < 1.29 is 9.53 Å². The van der Waals surface area contributed by atoms with E-state index in [0.29, 0.717) is 23.8 Å². The van der Waals surface area contributed by atoms with Crippen LogP contribution in [-0.2, 0) is 6.54 Å². The molecule has 2 aromatic carbocycles. The summed E-state index contributed by atoms with van der Waals surface area (Å²) in [5.74, 6) is 0.992. The van der Waals surface area contributed by atoms with E-state index in [1.165, 1.54) is 5.56 Å². The van der Waals surface area contributed by atoms with Crippen molar-refractivity contribution in [2.45, 2.75) is 26.5 Å². The van der Waals surface area contributed by atoms with Crippen molar-refractivity contribution in [3.8, 4) is 5.75 Å². The van der Waals surface area contributed by atoms with E-state index < -0.39 is 0 Å². The number of ether oxygens (including phenoxy) is 1. The van der Waals surface area contributed by atoms with Crippen LogP contribution in [0.1, 0.15) is 29.9 Å². The average Bonchev–Trinajstić information content (AvgIpc) is 2.70. The summed E-state index contributed by atoms with van der Waals surface area (Å²) >= 11 is 0. The second kappa shape index (κ2) is 8.99. The van der Waals surface area contributed by atoms with E-state index >= 15 is 0 Å². The minimum absolute atomic E-state index is 0.0114. The van der Waals surface area contributed by atoms with E-state index in [1.54, 1.807) is 18.2 Å². The minimum atomic E-state index is -0.329. The number of anilines is 2. The Morgan fingerprint density at radius 2 is 1.71 bits per heavy atom. The van der Waals surface area contributed by atoms with Gasteiger partial charge in [-0.25, -0.2) is 0 Å². The SMILES string of the molecule is CC(C)Oc1ccccc1NC(=O)c1ccc(N(C)Cc2ccccc2)nn1. The van der Waals surface area contributed by atoms with E-state index in [9.17, 15) is 4.79 Å². The van der Waals surface area contributed by atoms with Crippen molar-refractivity contribution in [1.82, 2.24) is 10.2 Å². The van der Waals surface area contributed by atoms with Gasteiger partial charge in [0.25, 0.3) is 5.91 Å². The molecule has 3 rings (SSSR count). The fraction of sp³-hybridized carbons (Fsp3) is 0.227. The van der Waals surface area contributed by atoms with Gasteiger partial charge in [-0.15, -0.1) is 10.2 Å². The maximum Gasteiger partial charge on any atom is 0.276 e. The van der Waals surface area contributed by atoms with E-state index in [-0.39, 0.29) is 17.7 Å². The summed E-state index contributed by atoms with van der Waals surface area (Å²) in [4.78, 5) is 14.5. The molecular weight excluding hydrogens is 352 g/mol. The van der Waals surface area contributed by atoms with Crippen molar-refractivity contribution in [3.05, 3.63) is 78.0 Å². The predicted octanol–water partition coefficient (Wildman–Crippen LogP) is 4.15. The monoisotopic (exact) mass is 376 g/mol. The number of hydrogen-bond acceptors (Lipinski definition) is 5. The molecule has 1 aromatic heterocycles. The molecule has 28 heavy (non-hydrogen) atoms. The topological polar surface area (TPSA) is 67.3 Å². The van der Waals surface area contributed by atoms with Gasteiger partial charge in [0, 0.05) is 13.6 Å². The fourth-order valence-electron chi connectivity index (χ4n) is 2.70. The van der Waals surface area contributed by atoms with Gasteiger partial charge < -0.3 is 15.0 Å². The molecule has 144 valence electrons. The molecule has 0 unspecified atom stereocenters. The van der Waals surface area contributed by atoms with Gasteiger partial charge in [0.2, 0.25) is 0 Å². The van der Waals surface area contributed by atoms with Crippen LogP contribution in [0.15, 0.2) is 66.7 Å². The minimum Gasteiger partial charge on any atom is -0.489 e. The number of benzene rings is 2. The number of hydrogen-bond donors (Lipinski definition) is 1. The summed E-state index contributed by atoms with van der Waals surface area (Å²) in [7, 11) is 1.94. The van der Waals surface area contributed by atoms with Gasteiger partial charge in [0.15, 0.2) is 11.5 Å². The predicted molar refractivity (Wildman–Crippen MR) is 111 cm³/mol. The molecule has 0 spiro atoms. The normalized spacial score (nSPS) is 10.6. The first kappa shape index (κ1) is 19.4. The Labute approximate surface area is 165 Å². The molecule has 6 heteroatoms. The molecule has 0 aliphatic carbocycles. The average molecular weight is 376 g/mol. The van der Waals surface area contributed by atoms with Crippen LogP contribution in [0.25, 0.3) is 0 Å². The third-order valence-corrected chi connectivity index (χ3v) is 4.03. The molecule has 0 atom stereocenters. The quantitative estimate of drug-likeness (QED) is 0.671. The Balaban J connectivity index is 1.67. The van der Waals surface area contributed by atoms with Crippen LogP contribution in [0.2, 0.25) is 0 Å². The Morgan fingerprint density at radius 3 is 2.39 bits per heavy atom. The molecule has 1 heterocycles. The lowest BCUT2D eigenvalue weighted by Crippen LogP contribution is -2.20. The molecule has 1 N–H and O–H groups in total. The number of para-hydroxylation sites is 2. The lowest BCUT2D eigenvalue weighted by atomic mass is 10.2. The smallest absolute Gasteiger partial charge is 0.276 e. The third kappa shape index (κ3) is 5.07. The van der Waals surface area contributed by atoms with Crippen molar-refractivity contribution in [3.63, 3.8) is 0 Å². The summed E-state index contributed by atoms with van der Waals surface area (Å²) in [5, 5.41) is 11.1. The van der Waals surface area contributed by atoms with Crippen molar-refractivity contribution in [1.29, 1.82) is 0 Å². The molecule has 0 aliphatic heterocycles. The number of carbonyl (C=O) groups excluding carboxylic acids is 1. The maximum atomic E-state index is 12.5. The zero-order valence-corrected chi connectivity index (χ0v) is 16.3. The van der Waals surface area contributed by atoms with Crippen LogP contribution in [0.4, 0.5) is 11.5 Å². The fourth-order valence-corrected chi connectivity index (χ4v) is 2.70. The Kier molecular flexibility index (Phi) is 6.22. The zero-order valence-electron chi connectivity index (χ0n) is 16.3. The molecule has 0 aliphatic rings. The van der Waals surface area contributed by atoms with Crippen molar-refractivity contribution >= 4 is 17.4 Å². The van der Waals surface area contributed by atoms with Crippen LogP contribution < -0.4 is 15.0 Å². The molecule has 0 saturated heterocycles. The first-order chi connectivity index (χ1) is 13.5. The van der Waals surface area contributed by atoms with E-state index in [1.807, 2.05) is 62.2 Å². The number of nitrogens with zero attached hydrogens (tertiary/aromatic N) is 3. The number of nitrogens with one attached hydrogen (secondary N) is 1. The first-order valence-electron chi connectivity index (χ1n) is 9.19. The highest BCUT2D eigenvalue weighted by atomic mass is 16.5. The highest BCUT2D eigenvalue weighted by Crippen LogP contribution is 2.25. The Bertz CT molecular complexity index is 911. The standard InChI is InChI=1S/C22H24N4O2/c1-16(2)28-20-12-8-7-11-18(20)23-22(27)19-13-14-21(25-24-19)26(3)15-17-9-5-4-6-10-17/h4-14,16H,15H2,1-3H3,(H,23,27). The molecule has 1 amide bonds. The van der Waals surface area contributed by atoms with Crippen LogP contribution in [0.5, 0.6) is 5.75 Å². The zero-order chi connectivity index (χ0) is 19.9. The second-order valence-electron chi connectivity index (χ2n) is 6.74.